The predicted molar refractivity (Wildman–Crippen MR) is 83.3 cm³/mol. The van der Waals surface area contributed by atoms with Gasteiger partial charge < -0.3 is 20.4 Å². The van der Waals surface area contributed by atoms with Crippen LogP contribution < -0.4 is 0 Å². The van der Waals surface area contributed by atoms with Crippen LogP contribution in [0.5, 0.6) is 0 Å². The monoisotopic (exact) mass is 292 g/mol. The first-order chi connectivity index (χ1) is 9.24. The number of hydrogen-bond acceptors (Lipinski definition) is 4. The van der Waals surface area contributed by atoms with Gasteiger partial charge in [0, 0.05) is 6.42 Å². The van der Waals surface area contributed by atoms with Gasteiger partial charge in [0.05, 0.1) is 12.2 Å². The maximum absolute atomic E-state index is 9.27. The van der Waals surface area contributed by atoms with Crippen molar-refractivity contribution in [2.45, 2.75) is 91.6 Å². The topological polar surface area (TPSA) is 80.9 Å². The zero-order valence-corrected chi connectivity index (χ0v) is 13.9. The van der Waals surface area contributed by atoms with E-state index in [1.807, 2.05) is 20.8 Å². The smallest absolute Gasteiger partial charge is 0.151 e. The Labute approximate surface area is 124 Å². The number of hydrogen-bond donors (Lipinski definition) is 4. The van der Waals surface area contributed by atoms with E-state index in [1.165, 1.54) is 12.8 Å². The Balaban J connectivity index is 0. The fraction of sp³-hybridized carbons (Fsp3) is 1.00. The quantitative estimate of drug-likeness (QED) is 0.493. The highest BCUT2D eigenvalue weighted by Gasteiger charge is 2.12. The van der Waals surface area contributed by atoms with Crippen molar-refractivity contribution in [3.63, 3.8) is 0 Å². The van der Waals surface area contributed by atoms with Gasteiger partial charge in [0.25, 0.3) is 0 Å². The largest absolute Gasteiger partial charge is 0.393 e. The Morgan fingerprint density at radius 3 is 1.75 bits per heavy atom. The standard InChI is InChI=1S/2C8H18O2/c1-4-7(9)5-8(10)6(2)3;1-3-4-5-7(2)6-8(9)10/h6-10H,4-5H2,1-3H3;7-10H,3-6H2,1-2H3. The molecule has 0 rings (SSSR count). The van der Waals surface area contributed by atoms with Crippen molar-refractivity contribution in [2.24, 2.45) is 11.8 Å². The molecule has 4 heteroatoms. The van der Waals surface area contributed by atoms with E-state index in [4.69, 9.17) is 15.3 Å². The van der Waals surface area contributed by atoms with Gasteiger partial charge in [0.1, 0.15) is 0 Å². The van der Waals surface area contributed by atoms with E-state index in [1.54, 1.807) is 0 Å². The number of rotatable bonds is 9. The second-order valence-corrected chi connectivity index (χ2v) is 6.07. The molecule has 3 unspecified atom stereocenters. The van der Waals surface area contributed by atoms with Crippen LogP contribution in [-0.4, -0.2) is 38.9 Å². The molecule has 0 aliphatic heterocycles. The highest BCUT2D eigenvalue weighted by Crippen LogP contribution is 2.12. The molecule has 0 aliphatic carbocycles. The summed E-state index contributed by atoms with van der Waals surface area (Å²) in [7, 11) is 0. The van der Waals surface area contributed by atoms with Gasteiger partial charge in [0.15, 0.2) is 6.29 Å². The summed E-state index contributed by atoms with van der Waals surface area (Å²) >= 11 is 0. The predicted octanol–water partition coefficient (Wildman–Crippen LogP) is 2.68. The van der Waals surface area contributed by atoms with Gasteiger partial charge in [0.2, 0.25) is 0 Å². The zero-order valence-electron chi connectivity index (χ0n) is 13.9. The average molecular weight is 292 g/mol. The summed E-state index contributed by atoms with van der Waals surface area (Å²) in [6, 6.07) is 0. The second kappa shape index (κ2) is 13.8. The molecule has 124 valence electrons. The molecule has 0 amide bonds. The molecule has 0 spiro atoms. The van der Waals surface area contributed by atoms with Crippen molar-refractivity contribution in [1.82, 2.24) is 0 Å². The van der Waals surface area contributed by atoms with Crippen molar-refractivity contribution in [2.75, 3.05) is 0 Å². The molecule has 20 heavy (non-hydrogen) atoms. The molecule has 0 bridgehead atoms. The number of aliphatic hydroxyl groups excluding tert-OH is 3. The summed E-state index contributed by atoms with van der Waals surface area (Å²) in [6.07, 6.45) is 3.42. The first-order valence-corrected chi connectivity index (χ1v) is 7.96. The van der Waals surface area contributed by atoms with Crippen LogP contribution in [0.4, 0.5) is 0 Å². The third-order valence-electron chi connectivity index (χ3n) is 3.42. The summed E-state index contributed by atoms with van der Waals surface area (Å²) in [5.41, 5.74) is 0. The van der Waals surface area contributed by atoms with Crippen molar-refractivity contribution < 1.29 is 20.4 Å². The Kier molecular flexibility index (Phi) is 15.3. The van der Waals surface area contributed by atoms with Crippen LogP contribution in [-0.2, 0) is 0 Å². The molecule has 0 aromatic rings. The van der Waals surface area contributed by atoms with Crippen LogP contribution in [0.1, 0.15) is 73.1 Å². The van der Waals surface area contributed by atoms with Crippen molar-refractivity contribution in [3.8, 4) is 0 Å². The van der Waals surface area contributed by atoms with Crippen LogP contribution in [0.25, 0.3) is 0 Å². The van der Waals surface area contributed by atoms with Gasteiger partial charge in [-0.3, -0.25) is 0 Å². The summed E-state index contributed by atoms with van der Waals surface area (Å²) < 4.78 is 0. The molecular weight excluding hydrogens is 256 g/mol. The van der Waals surface area contributed by atoms with Gasteiger partial charge in [-0.1, -0.05) is 53.9 Å². The van der Waals surface area contributed by atoms with Gasteiger partial charge in [-0.25, -0.2) is 0 Å². The SMILES string of the molecule is CCC(O)CC(O)C(C)C.CCCCC(C)CC(O)O. The van der Waals surface area contributed by atoms with Gasteiger partial charge >= 0.3 is 0 Å². The summed E-state index contributed by atoms with van der Waals surface area (Å²) in [4.78, 5) is 0. The molecule has 0 fully saturated rings. The molecule has 4 N–H and O–H groups in total. The zero-order chi connectivity index (χ0) is 16.1. The molecule has 0 saturated heterocycles. The normalized spacial score (nSPS) is 15.8. The Bertz CT molecular complexity index is 195. The van der Waals surface area contributed by atoms with E-state index in [9.17, 15) is 5.11 Å². The Hall–Kier alpha value is -0.160. The van der Waals surface area contributed by atoms with Gasteiger partial charge in [-0.15, -0.1) is 0 Å². The van der Waals surface area contributed by atoms with Crippen LogP contribution in [0, 0.1) is 11.8 Å². The minimum absolute atomic E-state index is 0.251. The first-order valence-electron chi connectivity index (χ1n) is 7.96. The lowest BCUT2D eigenvalue weighted by atomic mass is 10.0. The van der Waals surface area contributed by atoms with Crippen LogP contribution in [0.3, 0.4) is 0 Å². The third-order valence-corrected chi connectivity index (χ3v) is 3.42. The van der Waals surface area contributed by atoms with Crippen LogP contribution >= 0.6 is 0 Å². The van der Waals surface area contributed by atoms with Crippen LogP contribution in [0.2, 0.25) is 0 Å². The van der Waals surface area contributed by atoms with E-state index in [0.29, 0.717) is 18.8 Å². The molecule has 0 radical (unpaired) electrons. The van der Waals surface area contributed by atoms with E-state index in [0.717, 1.165) is 12.8 Å². The van der Waals surface area contributed by atoms with E-state index in [2.05, 4.69) is 13.8 Å². The lowest BCUT2D eigenvalue weighted by molar-refractivity contribution is -0.0551. The summed E-state index contributed by atoms with van der Waals surface area (Å²) in [5.74, 6) is 0.696. The molecule has 0 aromatic heterocycles. The molecule has 3 atom stereocenters. The average Bonchev–Trinajstić information content (AvgIpc) is 2.35. The van der Waals surface area contributed by atoms with E-state index >= 15 is 0 Å². The highest BCUT2D eigenvalue weighted by atomic mass is 16.5. The second-order valence-electron chi connectivity index (χ2n) is 6.07. The van der Waals surface area contributed by atoms with Gasteiger partial charge in [-0.05, 0) is 24.7 Å². The molecule has 0 heterocycles. The molecule has 0 saturated carbocycles. The van der Waals surface area contributed by atoms with Crippen LogP contribution in [0.15, 0.2) is 0 Å². The number of unbranched alkanes of at least 4 members (excludes halogenated alkanes) is 1. The van der Waals surface area contributed by atoms with Crippen molar-refractivity contribution in [1.29, 1.82) is 0 Å². The van der Waals surface area contributed by atoms with E-state index in [-0.39, 0.29) is 18.1 Å². The summed E-state index contributed by atoms with van der Waals surface area (Å²) in [6.45, 7) is 10.0. The van der Waals surface area contributed by atoms with Crippen molar-refractivity contribution >= 4 is 0 Å². The minimum Gasteiger partial charge on any atom is -0.393 e. The fourth-order valence-corrected chi connectivity index (χ4v) is 1.75. The third kappa shape index (κ3) is 15.9. The number of aliphatic hydroxyl groups is 4. The van der Waals surface area contributed by atoms with Gasteiger partial charge in [-0.2, -0.15) is 0 Å². The maximum atomic E-state index is 9.27. The van der Waals surface area contributed by atoms with E-state index < -0.39 is 6.29 Å². The Morgan fingerprint density at radius 2 is 1.40 bits per heavy atom. The maximum Gasteiger partial charge on any atom is 0.151 e. The molecular formula is C16H36O4. The lowest BCUT2D eigenvalue weighted by Crippen LogP contribution is -2.21. The van der Waals surface area contributed by atoms with Crippen molar-refractivity contribution in [3.05, 3.63) is 0 Å². The molecule has 0 aromatic carbocycles. The minimum atomic E-state index is -1.12. The molecule has 4 nitrogen and oxygen atoms in total. The Morgan fingerprint density at radius 1 is 0.850 bits per heavy atom. The first kappa shape index (κ1) is 22.1. The molecule has 0 aliphatic rings. The lowest BCUT2D eigenvalue weighted by Gasteiger charge is -2.16. The fourth-order valence-electron chi connectivity index (χ4n) is 1.75. The highest BCUT2D eigenvalue weighted by molar-refractivity contribution is 4.64. The summed E-state index contributed by atoms with van der Waals surface area (Å²) in [5, 5.41) is 35.5.